The van der Waals surface area contributed by atoms with Crippen LogP contribution in [0.5, 0.6) is 0 Å². The summed E-state index contributed by atoms with van der Waals surface area (Å²) in [4.78, 5) is 14.2. The SMILES string of the molecule is CC(C)(C)OC(=O)N1CC[C@H](O[Si](C)(C)C(C)(C)C)[C@H]1CCO. The van der Waals surface area contributed by atoms with Crippen LogP contribution in [0, 0.1) is 0 Å². The Bertz CT molecular complexity index is 412. The topological polar surface area (TPSA) is 59.0 Å². The molecule has 0 bridgehead atoms. The van der Waals surface area contributed by atoms with Gasteiger partial charge in [-0.1, -0.05) is 20.8 Å². The fourth-order valence-electron chi connectivity index (χ4n) is 2.54. The van der Waals surface area contributed by atoms with Gasteiger partial charge in [-0.3, -0.25) is 0 Å². The standard InChI is InChI=1S/C17H35NO4Si/c1-16(2,3)21-15(20)18-11-9-14(13(18)10-12-19)22-23(7,8)17(4,5)6/h13-14,19H,9-12H2,1-8H3/t13-,14+/m1/s1. The second kappa shape index (κ2) is 7.11. The molecule has 0 aliphatic carbocycles. The Hall–Kier alpha value is -0.593. The van der Waals surface area contributed by atoms with Gasteiger partial charge in [0.25, 0.3) is 0 Å². The van der Waals surface area contributed by atoms with Crippen molar-refractivity contribution in [2.24, 2.45) is 0 Å². The van der Waals surface area contributed by atoms with Crippen molar-refractivity contribution in [1.82, 2.24) is 4.90 Å². The molecule has 136 valence electrons. The van der Waals surface area contributed by atoms with E-state index in [2.05, 4.69) is 33.9 Å². The zero-order chi connectivity index (χ0) is 18.1. The van der Waals surface area contributed by atoms with Crippen LogP contribution < -0.4 is 0 Å². The number of aliphatic hydroxyl groups excluding tert-OH is 1. The van der Waals surface area contributed by atoms with Gasteiger partial charge in [-0.15, -0.1) is 0 Å². The van der Waals surface area contributed by atoms with Crippen LogP contribution in [0.25, 0.3) is 0 Å². The van der Waals surface area contributed by atoms with Crippen molar-refractivity contribution < 1.29 is 19.1 Å². The minimum atomic E-state index is -1.91. The van der Waals surface area contributed by atoms with Crippen molar-refractivity contribution in [3.05, 3.63) is 0 Å². The van der Waals surface area contributed by atoms with Crippen molar-refractivity contribution >= 4 is 14.4 Å². The number of amides is 1. The van der Waals surface area contributed by atoms with Gasteiger partial charge in [0.2, 0.25) is 0 Å². The summed E-state index contributed by atoms with van der Waals surface area (Å²) in [5.41, 5.74) is -0.515. The molecule has 1 aliphatic heterocycles. The minimum absolute atomic E-state index is 0.0180. The summed E-state index contributed by atoms with van der Waals surface area (Å²) in [5.74, 6) is 0. The van der Waals surface area contributed by atoms with E-state index in [0.29, 0.717) is 13.0 Å². The molecule has 1 aliphatic rings. The number of hydrogen-bond donors (Lipinski definition) is 1. The molecule has 0 aromatic carbocycles. The molecule has 0 spiro atoms. The quantitative estimate of drug-likeness (QED) is 0.788. The number of carbonyl (C=O) groups is 1. The molecular weight excluding hydrogens is 310 g/mol. The highest BCUT2D eigenvalue weighted by atomic mass is 28.4. The molecular formula is C17H35NO4Si. The number of nitrogens with zero attached hydrogens (tertiary/aromatic N) is 1. The summed E-state index contributed by atoms with van der Waals surface area (Å²) in [7, 11) is -1.91. The molecule has 23 heavy (non-hydrogen) atoms. The molecule has 0 unspecified atom stereocenters. The van der Waals surface area contributed by atoms with Gasteiger partial charge in [-0.05, 0) is 51.7 Å². The van der Waals surface area contributed by atoms with Gasteiger partial charge in [0.15, 0.2) is 8.32 Å². The van der Waals surface area contributed by atoms with E-state index in [9.17, 15) is 9.90 Å². The number of carbonyl (C=O) groups excluding carboxylic acids is 1. The molecule has 1 amide bonds. The lowest BCUT2D eigenvalue weighted by molar-refractivity contribution is 0.0134. The molecule has 1 rings (SSSR count). The molecule has 1 fully saturated rings. The van der Waals surface area contributed by atoms with E-state index in [4.69, 9.17) is 9.16 Å². The van der Waals surface area contributed by atoms with Gasteiger partial charge >= 0.3 is 6.09 Å². The lowest BCUT2D eigenvalue weighted by Crippen LogP contribution is -2.49. The predicted molar refractivity (Wildman–Crippen MR) is 95.1 cm³/mol. The molecule has 5 nitrogen and oxygen atoms in total. The molecule has 1 heterocycles. The number of aliphatic hydroxyl groups is 1. The van der Waals surface area contributed by atoms with Gasteiger partial charge in [0.1, 0.15) is 5.60 Å². The Morgan fingerprint density at radius 3 is 2.22 bits per heavy atom. The minimum Gasteiger partial charge on any atom is -0.444 e. The first-order valence-corrected chi connectivity index (χ1v) is 11.5. The van der Waals surface area contributed by atoms with Crippen LogP contribution in [0.3, 0.4) is 0 Å². The summed E-state index contributed by atoms with van der Waals surface area (Å²) in [6, 6.07) is -0.107. The Balaban J connectivity index is 2.86. The lowest BCUT2D eigenvalue weighted by Gasteiger charge is -2.40. The molecule has 1 N–H and O–H groups in total. The molecule has 0 radical (unpaired) electrons. The molecule has 0 aromatic rings. The summed E-state index contributed by atoms with van der Waals surface area (Å²) in [6.45, 7) is 17.3. The Morgan fingerprint density at radius 1 is 1.22 bits per heavy atom. The fraction of sp³-hybridized carbons (Fsp3) is 0.941. The first kappa shape index (κ1) is 20.5. The lowest BCUT2D eigenvalue weighted by atomic mass is 10.1. The van der Waals surface area contributed by atoms with E-state index in [0.717, 1.165) is 6.42 Å². The largest absolute Gasteiger partial charge is 0.444 e. The van der Waals surface area contributed by atoms with E-state index in [1.165, 1.54) is 0 Å². The smallest absolute Gasteiger partial charge is 0.410 e. The van der Waals surface area contributed by atoms with Crippen LogP contribution >= 0.6 is 0 Å². The molecule has 0 aromatic heterocycles. The summed E-state index contributed by atoms with van der Waals surface area (Å²) >= 11 is 0. The maximum atomic E-state index is 12.4. The normalized spacial score (nSPS) is 23.3. The van der Waals surface area contributed by atoms with E-state index in [1.807, 2.05) is 20.8 Å². The third-order valence-electron chi connectivity index (χ3n) is 4.79. The monoisotopic (exact) mass is 345 g/mol. The summed E-state index contributed by atoms with van der Waals surface area (Å²) < 4.78 is 12.0. The maximum absolute atomic E-state index is 12.4. The number of ether oxygens (including phenoxy) is 1. The third kappa shape index (κ3) is 5.47. The van der Waals surface area contributed by atoms with Gasteiger partial charge in [0, 0.05) is 13.2 Å². The van der Waals surface area contributed by atoms with Crippen LogP contribution in [-0.4, -0.2) is 55.3 Å². The van der Waals surface area contributed by atoms with Crippen LogP contribution in [-0.2, 0) is 9.16 Å². The van der Waals surface area contributed by atoms with Gasteiger partial charge in [-0.25, -0.2) is 4.79 Å². The first-order chi connectivity index (χ1) is 10.3. The van der Waals surface area contributed by atoms with Gasteiger partial charge in [-0.2, -0.15) is 0 Å². The average Bonchev–Trinajstić information content (AvgIpc) is 2.68. The fourth-order valence-corrected chi connectivity index (χ4v) is 3.92. The summed E-state index contributed by atoms with van der Waals surface area (Å²) in [5, 5.41) is 9.53. The Morgan fingerprint density at radius 2 is 1.78 bits per heavy atom. The van der Waals surface area contributed by atoms with Crippen molar-refractivity contribution in [3.63, 3.8) is 0 Å². The van der Waals surface area contributed by atoms with Crippen molar-refractivity contribution in [2.45, 2.75) is 90.3 Å². The summed E-state index contributed by atoms with van der Waals surface area (Å²) in [6.07, 6.45) is 1.00. The number of rotatable bonds is 4. The Labute approximate surface area is 142 Å². The number of hydrogen-bond acceptors (Lipinski definition) is 4. The van der Waals surface area contributed by atoms with Crippen molar-refractivity contribution in [3.8, 4) is 0 Å². The van der Waals surface area contributed by atoms with Crippen LogP contribution in [0.4, 0.5) is 4.79 Å². The van der Waals surface area contributed by atoms with Crippen molar-refractivity contribution in [2.75, 3.05) is 13.2 Å². The second-order valence-electron chi connectivity index (χ2n) is 8.96. The number of likely N-dealkylation sites (tertiary alicyclic amines) is 1. The second-order valence-corrected chi connectivity index (χ2v) is 13.7. The van der Waals surface area contributed by atoms with E-state index in [1.54, 1.807) is 4.90 Å². The highest BCUT2D eigenvalue weighted by molar-refractivity contribution is 6.74. The molecule has 1 saturated heterocycles. The highest BCUT2D eigenvalue weighted by Gasteiger charge is 2.45. The van der Waals surface area contributed by atoms with Crippen LogP contribution in [0.1, 0.15) is 54.4 Å². The third-order valence-corrected chi connectivity index (χ3v) is 9.29. The first-order valence-electron chi connectivity index (χ1n) is 8.57. The van der Waals surface area contributed by atoms with Crippen LogP contribution in [0.15, 0.2) is 0 Å². The van der Waals surface area contributed by atoms with E-state index >= 15 is 0 Å². The maximum Gasteiger partial charge on any atom is 0.410 e. The highest BCUT2D eigenvalue weighted by Crippen LogP contribution is 2.39. The van der Waals surface area contributed by atoms with Gasteiger partial charge < -0.3 is 19.2 Å². The molecule has 2 atom stereocenters. The van der Waals surface area contributed by atoms with Crippen LogP contribution in [0.2, 0.25) is 18.1 Å². The molecule has 0 saturated carbocycles. The average molecular weight is 346 g/mol. The Kier molecular flexibility index (Phi) is 6.32. The van der Waals surface area contributed by atoms with E-state index < -0.39 is 13.9 Å². The predicted octanol–water partition coefficient (Wildman–Crippen LogP) is 3.77. The zero-order valence-electron chi connectivity index (χ0n) is 16.1. The zero-order valence-corrected chi connectivity index (χ0v) is 17.1. The molecule has 6 heteroatoms. The van der Waals surface area contributed by atoms with Crippen molar-refractivity contribution in [1.29, 1.82) is 0 Å². The van der Waals surface area contributed by atoms with E-state index in [-0.39, 0.29) is 29.9 Å². The van der Waals surface area contributed by atoms with Gasteiger partial charge in [0.05, 0.1) is 12.1 Å².